The number of amides is 2. The van der Waals surface area contributed by atoms with E-state index < -0.39 is 12.0 Å². The lowest BCUT2D eigenvalue weighted by molar-refractivity contribution is -0.120. The molecule has 140 valence electrons. The van der Waals surface area contributed by atoms with Gasteiger partial charge >= 0.3 is 6.09 Å². The number of carbonyl (C=O) groups excluding carboxylic acids is 2. The number of nitrogens with one attached hydrogen (secondary N) is 1. The highest BCUT2D eigenvalue weighted by atomic mass is 32.1. The van der Waals surface area contributed by atoms with Crippen LogP contribution in [0.1, 0.15) is 37.3 Å². The molecule has 7 heteroatoms. The van der Waals surface area contributed by atoms with Crippen LogP contribution in [0.3, 0.4) is 0 Å². The summed E-state index contributed by atoms with van der Waals surface area (Å²) in [4.78, 5) is 27.7. The number of hydrogen-bond donors (Lipinski definition) is 1. The molecular formula is C19H24N2O4S. The zero-order valence-electron chi connectivity index (χ0n) is 15.1. The van der Waals surface area contributed by atoms with Crippen LogP contribution in [-0.4, -0.2) is 23.6 Å². The normalized spacial score (nSPS) is 10.6. The van der Waals surface area contributed by atoms with Crippen molar-refractivity contribution < 1.29 is 19.1 Å². The first kappa shape index (κ1) is 19.9. The molecule has 1 heterocycles. The summed E-state index contributed by atoms with van der Waals surface area (Å²) >= 11 is 1.55. The monoisotopic (exact) mass is 376 g/mol. The van der Waals surface area contributed by atoms with Crippen molar-refractivity contribution in [1.82, 2.24) is 10.3 Å². The zero-order chi connectivity index (χ0) is 18.8. The number of aromatic nitrogens is 1. The minimum atomic E-state index is -0.761. The van der Waals surface area contributed by atoms with Gasteiger partial charge in [-0.2, -0.15) is 0 Å². The number of nitrogens with zero attached hydrogens (tertiary/aromatic N) is 1. The van der Waals surface area contributed by atoms with Crippen molar-refractivity contribution in [2.75, 3.05) is 6.61 Å². The van der Waals surface area contributed by atoms with Crippen LogP contribution in [0.2, 0.25) is 0 Å². The zero-order valence-corrected chi connectivity index (χ0v) is 15.9. The van der Waals surface area contributed by atoms with E-state index in [9.17, 15) is 9.59 Å². The van der Waals surface area contributed by atoms with E-state index in [1.165, 1.54) is 0 Å². The van der Waals surface area contributed by atoms with Crippen molar-refractivity contribution >= 4 is 23.3 Å². The summed E-state index contributed by atoms with van der Waals surface area (Å²) < 4.78 is 10.5. The van der Waals surface area contributed by atoms with Crippen LogP contribution < -0.4 is 10.1 Å². The summed E-state index contributed by atoms with van der Waals surface area (Å²) in [6.07, 6.45) is 1.31. The van der Waals surface area contributed by atoms with Crippen LogP contribution in [0.25, 0.3) is 0 Å². The molecule has 0 saturated carbocycles. The van der Waals surface area contributed by atoms with Crippen LogP contribution in [0.5, 0.6) is 5.88 Å². The summed E-state index contributed by atoms with van der Waals surface area (Å²) in [5.74, 6) is 0.708. The smallest absolute Gasteiger partial charge is 0.414 e. The van der Waals surface area contributed by atoms with Crippen LogP contribution in [-0.2, 0) is 22.6 Å². The number of rotatable bonds is 9. The Morgan fingerprint density at radius 2 is 2.00 bits per heavy atom. The maximum Gasteiger partial charge on any atom is 0.414 e. The van der Waals surface area contributed by atoms with Gasteiger partial charge in [0, 0.05) is 0 Å². The van der Waals surface area contributed by atoms with Gasteiger partial charge in [-0.25, -0.2) is 9.78 Å². The van der Waals surface area contributed by atoms with Gasteiger partial charge in [0.25, 0.3) is 0 Å². The van der Waals surface area contributed by atoms with Crippen LogP contribution >= 0.6 is 11.3 Å². The van der Waals surface area contributed by atoms with Gasteiger partial charge in [0.05, 0.1) is 23.4 Å². The highest BCUT2D eigenvalue weighted by Crippen LogP contribution is 2.19. The molecule has 0 aliphatic rings. The molecule has 26 heavy (non-hydrogen) atoms. The number of alkyl carbamates (subject to hydrolysis) is 1. The Balaban J connectivity index is 1.61. The molecular weight excluding hydrogens is 352 g/mol. The Hall–Kier alpha value is -2.41. The molecule has 0 bridgehead atoms. The summed E-state index contributed by atoms with van der Waals surface area (Å²) in [5, 5.41) is 5.04. The topological polar surface area (TPSA) is 77.5 Å². The van der Waals surface area contributed by atoms with Crippen LogP contribution in [0.15, 0.2) is 35.7 Å². The highest BCUT2D eigenvalue weighted by molar-refractivity contribution is 7.09. The molecule has 2 rings (SSSR count). The van der Waals surface area contributed by atoms with Crippen molar-refractivity contribution in [3.05, 3.63) is 46.3 Å². The minimum Gasteiger partial charge on any atom is -0.477 e. The largest absolute Gasteiger partial charge is 0.477 e. The van der Waals surface area contributed by atoms with Crippen LogP contribution in [0.4, 0.5) is 4.79 Å². The quantitative estimate of drug-likeness (QED) is 0.717. The highest BCUT2D eigenvalue weighted by Gasteiger charge is 2.10. The van der Waals surface area contributed by atoms with E-state index in [2.05, 4.69) is 24.1 Å². The van der Waals surface area contributed by atoms with Crippen molar-refractivity contribution in [2.45, 2.75) is 39.7 Å². The summed E-state index contributed by atoms with van der Waals surface area (Å²) in [5.41, 5.74) is 0.857. The lowest BCUT2D eigenvalue weighted by Gasteiger charge is -2.06. The summed E-state index contributed by atoms with van der Waals surface area (Å²) in [6, 6.07) is 9.26. The molecule has 1 aromatic heterocycles. The second-order valence-electron chi connectivity index (χ2n) is 6.22. The molecule has 0 atom stereocenters. The molecule has 0 unspecified atom stereocenters. The van der Waals surface area contributed by atoms with Crippen molar-refractivity contribution in [1.29, 1.82) is 0 Å². The Morgan fingerprint density at radius 3 is 2.73 bits per heavy atom. The molecule has 1 aromatic carbocycles. The fourth-order valence-electron chi connectivity index (χ4n) is 2.07. The molecule has 0 fully saturated rings. The van der Waals surface area contributed by atoms with Crippen molar-refractivity contribution in [3.8, 4) is 5.88 Å². The van der Waals surface area contributed by atoms with E-state index in [4.69, 9.17) is 9.47 Å². The number of hydrogen-bond acceptors (Lipinski definition) is 6. The lowest BCUT2D eigenvalue weighted by atomic mass is 10.1. The Labute approximate surface area is 157 Å². The summed E-state index contributed by atoms with van der Waals surface area (Å²) in [7, 11) is 0. The fraction of sp³-hybridized carbons (Fsp3) is 0.421. The Kier molecular flexibility index (Phi) is 8.08. The van der Waals surface area contributed by atoms with E-state index in [0.29, 0.717) is 11.8 Å². The molecule has 6 nitrogen and oxygen atoms in total. The van der Waals surface area contributed by atoms with Gasteiger partial charge in [0.15, 0.2) is 0 Å². The van der Waals surface area contributed by atoms with Crippen molar-refractivity contribution in [3.63, 3.8) is 0 Å². The summed E-state index contributed by atoms with van der Waals surface area (Å²) in [6.45, 7) is 4.63. The van der Waals surface area contributed by atoms with Gasteiger partial charge in [-0.15, -0.1) is 11.3 Å². The van der Waals surface area contributed by atoms with E-state index in [1.54, 1.807) is 11.3 Å². The number of benzene rings is 1. The molecule has 2 aromatic rings. The van der Waals surface area contributed by atoms with E-state index in [1.807, 2.05) is 35.7 Å². The van der Waals surface area contributed by atoms with Gasteiger partial charge in [0.1, 0.15) is 6.61 Å². The number of carbonyl (C=O) groups is 2. The van der Waals surface area contributed by atoms with Gasteiger partial charge in [-0.3, -0.25) is 10.1 Å². The third-order valence-electron chi connectivity index (χ3n) is 3.50. The first-order valence-electron chi connectivity index (χ1n) is 8.60. The number of thiazole rings is 1. The SMILES string of the molecule is CC(C)CCc1nc(OCCC(=O)NC(=O)OCc2ccccc2)cs1. The number of imide groups is 1. The first-order valence-corrected chi connectivity index (χ1v) is 9.48. The Bertz CT molecular complexity index is 701. The molecule has 0 spiro atoms. The maximum atomic E-state index is 11.7. The lowest BCUT2D eigenvalue weighted by Crippen LogP contribution is -2.31. The van der Waals surface area contributed by atoms with E-state index in [-0.39, 0.29) is 19.6 Å². The molecule has 2 amide bonds. The third kappa shape index (κ3) is 7.65. The van der Waals surface area contributed by atoms with Gasteiger partial charge in [-0.1, -0.05) is 44.2 Å². The third-order valence-corrected chi connectivity index (χ3v) is 4.39. The Morgan fingerprint density at radius 1 is 1.23 bits per heavy atom. The average Bonchev–Trinajstić information content (AvgIpc) is 3.07. The van der Waals surface area contributed by atoms with E-state index >= 15 is 0 Å². The standard InChI is InChI=1S/C19H24N2O4S/c1-14(2)8-9-18-21-17(13-26-18)24-11-10-16(22)20-19(23)25-12-15-6-4-3-5-7-15/h3-7,13-14H,8-12H2,1-2H3,(H,20,22,23). The second-order valence-corrected chi connectivity index (χ2v) is 7.16. The molecule has 1 N–H and O–H groups in total. The van der Waals surface area contributed by atoms with Gasteiger partial charge < -0.3 is 9.47 Å². The fourth-order valence-corrected chi connectivity index (χ4v) is 2.81. The van der Waals surface area contributed by atoms with Crippen molar-refractivity contribution in [2.24, 2.45) is 5.92 Å². The number of aryl methyl sites for hydroxylation is 1. The predicted molar refractivity (Wildman–Crippen MR) is 100 cm³/mol. The minimum absolute atomic E-state index is 0.0549. The molecule has 0 aliphatic heterocycles. The molecule has 0 saturated heterocycles. The van der Waals surface area contributed by atoms with Gasteiger partial charge in [0.2, 0.25) is 11.8 Å². The van der Waals surface area contributed by atoms with Gasteiger partial charge in [-0.05, 0) is 24.3 Å². The molecule has 0 radical (unpaired) electrons. The maximum absolute atomic E-state index is 11.7. The molecule has 0 aliphatic carbocycles. The second kappa shape index (κ2) is 10.6. The van der Waals surface area contributed by atoms with Crippen LogP contribution in [0, 0.1) is 5.92 Å². The average molecular weight is 376 g/mol. The van der Waals surface area contributed by atoms with E-state index in [0.717, 1.165) is 23.4 Å². The first-order chi connectivity index (χ1) is 12.5. The predicted octanol–water partition coefficient (Wildman–Crippen LogP) is 3.95. The number of ether oxygens (including phenoxy) is 2.